The van der Waals surface area contributed by atoms with Gasteiger partial charge in [-0.3, -0.25) is 0 Å². The zero-order valence-corrected chi connectivity index (χ0v) is 13.8. The van der Waals surface area contributed by atoms with Crippen molar-refractivity contribution < 1.29 is 8.78 Å². The minimum atomic E-state index is -0.360. The first kappa shape index (κ1) is 16.4. The van der Waals surface area contributed by atoms with E-state index < -0.39 is 0 Å². The summed E-state index contributed by atoms with van der Waals surface area (Å²) in [7, 11) is 0. The van der Waals surface area contributed by atoms with Crippen molar-refractivity contribution in [3.05, 3.63) is 68.7 Å². The molecule has 0 radical (unpaired) electrons. The summed E-state index contributed by atoms with van der Waals surface area (Å²) in [6.45, 7) is 2.63. The van der Waals surface area contributed by atoms with E-state index in [0.29, 0.717) is 28.0 Å². The molecule has 1 unspecified atom stereocenters. The minimum absolute atomic E-state index is 0.245. The quantitative estimate of drug-likeness (QED) is 0.751. The highest BCUT2D eigenvalue weighted by Gasteiger charge is 2.18. The summed E-state index contributed by atoms with van der Waals surface area (Å²) in [4.78, 5) is 0. The minimum Gasteiger partial charge on any atom is -0.310 e. The van der Waals surface area contributed by atoms with E-state index in [1.54, 1.807) is 18.2 Å². The molecule has 0 heterocycles. The molecule has 1 atom stereocenters. The molecule has 21 heavy (non-hydrogen) atoms. The third-order valence-corrected chi connectivity index (χ3v) is 4.37. The molecule has 0 saturated carbocycles. The SMILES string of the molecule is CCNC(Cc1cccc(F)c1Br)c1ccc(Cl)cc1F. The van der Waals surface area contributed by atoms with Crippen molar-refractivity contribution in [3.8, 4) is 0 Å². The third kappa shape index (κ3) is 4.02. The highest BCUT2D eigenvalue weighted by Crippen LogP contribution is 2.28. The summed E-state index contributed by atoms with van der Waals surface area (Å²) in [5.74, 6) is -0.680. The number of halogens is 4. The molecule has 0 bridgehead atoms. The number of benzene rings is 2. The molecule has 5 heteroatoms. The highest BCUT2D eigenvalue weighted by molar-refractivity contribution is 9.10. The Balaban J connectivity index is 2.33. The molecule has 0 saturated heterocycles. The van der Waals surface area contributed by atoms with Crippen LogP contribution in [0.5, 0.6) is 0 Å². The van der Waals surface area contributed by atoms with Crippen molar-refractivity contribution in [1.82, 2.24) is 5.32 Å². The van der Waals surface area contributed by atoms with Crippen LogP contribution >= 0.6 is 27.5 Å². The van der Waals surface area contributed by atoms with Gasteiger partial charge < -0.3 is 5.32 Å². The number of hydrogen-bond acceptors (Lipinski definition) is 1. The molecule has 1 N–H and O–H groups in total. The summed E-state index contributed by atoms with van der Waals surface area (Å²) in [6, 6.07) is 9.23. The van der Waals surface area contributed by atoms with Crippen molar-refractivity contribution in [2.45, 2.75) is 19.4 Å². The van der Waals surface area contributed by atoms with Crippen LogP contribution in [-0.4, -0.2) is 6.54 Å². The van der Waals surface area contributed by atoms with Crippen LogP contribution in [0.1, 0.15) is 24.1 Å². The largest absolute Gasteiger partial charge is 0.310 e. The molecule has 2 aromatic rings. The zero-order chi connectivity index (χ0) is 15.4. The molecule has 0 amide bonds. The van der Waals surface area contributed by atoms with Gasteiger partial charge in [-0.2, -0.15) is 0 Å². The van der Waals surface area contributed by atoms with Crippen molar-refractivity contribution in [2.24, 2.45) is 0 Å². The second-order valence-electron chi connectivity index (χ2n) is 4.69. The van der Waals surface area contributed by atoms with Crippen LogP contribution in [0.3, 0.4) is 0 Å². The number of nitrogens with one attached hydrogen (secondary N) is 1. The third-order valence-electron chi connectivity index (χ3n) is 3.24. The fraction of sp³-hybridized carbons (Fsp3) is 0.250. The first-order valence-corrected chi connectivity index (χ1v) is 7.81. The topological polar surface area (TPSA) is 12.0 Å². The van der Waals surface area contributed by atoms with E-state index in [9.17, 15) is 8.78 Å². The lowest BCUT2D eigenvalue weighted by Crippen LogP contribution is -2.24. The Hall–Kier alpha value is -0.970. The maximum absolute atomic E-state index is 14.1. The molecule has 0 spiro atoms. The second-order valence-corrected chi connectivity index (χ2v) is 5.92. The fourth-order valence-corrected chi connectivity index (χ4v) is 2.83. The summed E-state index contributed by atoms with van der Waals surface area (Å²) in [5.41, 5.74) is 1.31. The Morgan fingerprint density at radius 3 is 2.62 bits per heavy atom. The molecular formula is C16H15BrClF2N. The van der Waals surface area contributed by atoms with E-state index in [0.717, 1.165) is 5.56 Å². The van der Waals surface area contributed by atoms with Gasteiger partial charge in [0.15, 0.2) is 0 Å². The summed E-state index contributed by atoms with van der Waals surface area (Å²) < 4.78 is 28.1. The van der Waals surface area contributed by atoms with Crippen molar-refractivity contribution >= 4 is 27.5 Å². The molecule has 0 aliphatic carbocycles. The number of hydrogen-bond donors (Lipinski definition) is 1. The average Bonchev–Trinajstić information content (AvgIpc) is 2.43. The predicted molar refractivity (Wildman–Crippen MR) is 85.6 cm³/mol. The van der Waals surface area contributed by atoms with E-state index in [-0.39, 0.29) is 17.7 Å². The predicted octanol–water partition coefficient (Wildman–Crippen LogP) is 5.27. The highest BCUT2D eigenvalue weighted by atomic mass is 79.9. The molecule has 0 aliphatic heterocycles. The maximum atomic E-state index is 14.1. The van der Waals surface area contributed by atoms with Crippen LogP contribution in [0.2, 0.25) is 5.02 Å². The molecule has 0 aromatic heterocycles. The van der Waals surface area contributed by atoms with Gasteiger partial charge in [0.05, 0.1) is 4.47 Å². The van der Waals surface area contributed by atoms with E-state index >= 15 is 0 Å². The van der Waals surface area contributed by atoms with Gasteiger partial charge in [-0.15, -0.1) is 0 Å². The number of rotatable bonds is 5. The molecule has 112 valence electrons. The number of likely N-dealkylation sites (N-methyl/N-ethyl adjacent to an activating group) is 1. The molecule has 2 aromatic carbocycles. The molecule has 1 nitrogen and oxygen atoms in total. The van der Waals surface area contributed by atoms with E-state index in [2.05, 4.69) is 21.2 Å². The Kier molecular flexibility index (Phi) is 5.73. The summed E-state index contributed by atoms with van der Waals surface area (Å²) >= 11 is 9.03. The van der Waals surface area contributed by atoms with Crippen LogP contribution in [-0.2, 0) is 6.42 Å². The molecular weight excluding hydrogens is 360 g/mol. The van der Waals surface area contributed by atoms with Gasteiger partial charge in [-0.1, -0.05) is 36.7 Å². The van der Waals surface area contributed by atoms with E-state index in [1.807, 2.05) is 13.0 Å². The molecule has 0 fully saturated rings. The molecule has 2 rings (SSSR count). The van der Waals surface area contributed by atoms with E-state index in [1.165, 1.54) is 12.1 Å². The first-order chi connectivity index (χ1) is 10.0. The van der Waals surface area contributed by atoms with Gasteiger partial charge >= 0.3 is 0 Å². The Morgan fingerprint density at radius 1 is 1.19 bits per heavy atom. The maximum Gasteiger partial charge on any atom is 0.137 e. The average molecular weight is 375 g/mol. The summed E-state index contributed by atoms with van der Waals surface area (Å²) in [6.07, 6.45) is 0.477. The van der Waals surface area contributed by atoms with Crippen molar-refractivity contribution in [1.29, 1.82) is 0 Å². The van der Waals surface area contributed by atoms with E-state index in [4.69, 9.17) is 11.6 Å². The lowest BCUT2D eigenvalue weighted by atomic mass is 9.98. The fourth-order valence-electron chi connectivity index (χ4n) is 2.25. The van der Waals surface area contributed by atoms with Crippen LogP contribution in [0.25, 0.3) is 0 Å². The van der Waals surface area contributed by atoms with Gasteiger partial charge in [-0.05, 0) is 52.7 Å². The summed E-state index contributed by atoms with van der Waals surface area (Å²) in [5, 5.41) is 3.59. The Bertz CT molecular complexity index is 634. The van der Waals surface area contributed by atoms with Gasteiger partial charge in [-0.25, -0.2) is 8.78 Å². The monoisotopic (exact) mass is 373 g/mol. The second kappa shape index (κ2) is 7.34. The lowest BCUT2D eigenvalue weighted by molar-refractivity contribution is 0.508. The van der Waals surface area contributed by atoms with Gasteiger partial charge in [0.2, 0.25) is 0 Å². The lowest BCUT2D eigenvalue weighted by Gasteiger charge is -2.20. The van der Waals surface area contributed by atoms with Gasteiger partial charge in [0.25, 0.3) is 0 Å². The van der Waals surface area contributed by atoms with Gasteiger partial charge in [0.1, 0.15) is 11.6 Å². The van der Waals surface area contributed by atoms with Crippen LogP contribution in [0, 0.1) is 11.6 Å². The molecule has 0 aliphatic rings. The van der Waals surface area contributed by atoms with Crippen molar-refractivity contribution in [2.75, 3.05) is 6.54 Å². The smallest absolute Gasteiger partial charge is 0.137 e. The van der Waals surface area contributed by atoms with Crippen LogP contribution in [0.15, 0.2) is 40.9 Å². The van der Waals surface area contributed by atoms with Crippen LogP contribution in [0.4, 0.5) is 8.78 Å². The Morgan fingerprint density at radius 2 is 1.95 bits per heavy atom. The van der Waals surface area contributed by atoms with Gasteiger partial charge in [0, 0.05) is 16.6 Å². The van der Waals surface area contributed by atoms with Crippen LogP contribution < -0.4 is 5.32 Å². The normalized spacial score (nSPS) is 12.4. The Labute approximate surface area is 136 Å². The standard InChI is InChI=1S/C16H15BrClF2N/c1-2-21-15(12-7-6-11(18)9-14(12)20)8-10-4-3-5-13(19)16(10)17/h3-7,9,15,21H,2,8H2,1H3. The zero-order valence-electron chi connectivity index (χ0n) is 11.5. The first-order valence-electron chi connectivity index (χ1n) is 6.64. The van der Waals surface area contributed by atoms with Crippen molar-refractivity contribution in [3.63, 3.8) is 0 Å².